The molecule has 0 radical (unpaired) electrons. The number of hydrogen-bond acceptors (Lipinski definition) is 2. The first-order valence-electron chi connectivity index (χ1n) is 5.75. The maximum atomic E-state index is 12.2. The molecule has 2 aliphatic rings. The Morgan fingerprint density at radius 3 is 2.56 bits per heavy atom. The Bertz CT molecular complexity index is 355. The van der Waals surface area contributed by atoms with E-state index in [-0.39, 0.29) is 5.91 Å². The SMILES string of the molecule is CC1=CCCN(C(=O)C2(C(=O)O)CCC2)C1. The number of carboxylic acids is 1. The molecule has 0 spiro atoms. The van der Waals surface area contributed by atoms with Gasteiger partial charge in [-0.1, -0.05) is 18.1 Å². The number of carbonyl (C=O) groups excluding carboxylic acids is 1. The third kappa shape index (κ3) is 1.62. The Morgan fingerprint density at radius 2 is 2.12 bits per heavy atom. The molecule has 4 heteroatoms. The van der Waals surface area contributed by atoms with E-state index in [1.807, 2.05) is 6.92 Å². The average Bonchev–Trinajstić information content (AvgIpc) is 2.15. The first-order valence-corrected chi connectivity index (χ1v) is 5.75. The van der Waals surface area contributed by atoms with Crippen molar-refractivity contribution in [1.29, 1.82) is 0 Å². The highest BCUT2D eigenvalue weighted by atomic mass is 16.4. The third-order valence-corrected chi connectivity index (χ3v) is 3.65. The molecule has 2 rings (SSSR count). The van der Waals surface area contributed by atoms with Gasteiger partial charge in [0.25, 0.3) is 0 Å². The van der Waals surface area contributed by atoms with Gasteiger partial charge in [-0.05, 0) is 26.2 Å². The summed E-state index contributed by atoms with van der Waals surface area (Å²) in [5, 5.41) is 9.19. The van der Waals surface area contributed by atoms with Crippen molar-refractivity contribution >= 4 is 11.9 Å². The molecular weight excluding hydrogens is 206 g/mol. The normalized spacial score (nSPS) is 23.3. The zero-order valence-electron chi connectivity index (χ0n) is 9.53. The van der Waals surface area contributed by atoms with Crippen LogP contribution in [0.5, 0.6) is 0 Å². The Kier molecular flexibility index (Phi) is 2.74. The fourth-order valence-corrected chi connectivity index (χ4v) is 2.44. The molecule has 0 aromatic carbocycles. The smallest absolute Gasteiger partial charge is 0.319 e. The van der Waals surface area contributed by atoms with Crippen molar-refractivity contribution in [3.63, 3.8) is 0 Å². The molecule has 1 saturated carbocycles. The van der Waals surface area contributed by atoms with Gasteiger partial charge in [-0.25, -0.2) is 0 Å². The van der Waals surface area contributed by atoms with E-state index in [2.05, 4.69) is 6.08 Å². The van der Waals surface area contributed by atoms with Crippen LogP contribution in [0.1, 0.15) is 32.6 Å². The molecule has 0 aromatic rings. The lowest BCUT2D eigenvalue weighted by atomic mass is 9.67. The minimum atomic E-state index is -1.10. The van der Waals surface area contributed by atoms with Gasteiger partial charge in [0, 0.05) is 13.1 Å². The fourth-order valence-electron chi connectivity index (χ4n) is 2.44. The zero-order chi connectivity index (χ0) is 11.8. The molecule has 0 atom stereocenters. The van der Waals surface area contributed by atoms with Gasteiger partial charge in [0.15, 0.2) is 0 Å². The van der Waals surface area contributed by atoms with Gasteiger partial charge in [-0.2, -0.15) is 0 Å². The molecule has 1 N–H and O–H groups in total. The molecule has 16 heavy (non-hydrogen) atoms. The number of nitrogens with zero attached hydrogens (tertiary/aromatic N) is 1. The Morgan fingerprint density at radius 1 is 1.44 bits per heavy atom. The lowest BCUT2D eigenvalue weighted by Crippen LogP contribution is -2.53. The van der Waals surface area contributed by atoms with Crippen LogP contribution in [0.15, 0.2) is 11.6 Å². The largest absolute Gasteiger partial charge is 0.480 e. The van der Waals surface area contributed by atoms with Crippen LogP contribution < -0.4 is 0 Å². The fraction of sp³-hybridized carbons (Fsp3) is 0.667. The summed E-state index contributed by atoms with van der Waals surface area (Å²) in [5.74, 6) is -1.13. The van der Waals surface area contributed by atoms with Crippen molar-refractivity contribution in [3.8, 4) is 0 Å². The molecule has 1 aliphatic heterocycles. The molecule has 1 heterocycles. The van der Waals surface area contributed by atoms with E-state index in [4.69, 9.17) is 0 Å². The van der Waals surface area contributed by atoms with Gasteiger partial charge in [0.05, 0.1) is 0 Å². The van der Waals surface area contributed by atoms with E-state index in [1.54, 1.807) is 4.90 Å². The maximum absolute atomic E-state index is 12.2. The quantitative estimate of drug-likeness (QED) is 0.569. The van der Waals surface area contributed by atoms with Gasteiger partial charge in [-0.3, -0.25) is 9.59 Å². The molecule has 88 valence electrons. The molecule has 4 nitrogen and oxygen atoms in total. The Balaban J connectivity index is 2.12. The zero-order valence-corrected chi connectivity index (χ0v) is 9.53. The molecule has 0 bridgehead atoms. The summed E-state index contributed by atoms with van der Waals surface area (Å²) in [5.41, 5.74) is 0.0527. The van der Waals surface area contributed by atoms with Gasteiger partial charge < -0.3 is 10.0 Å². The Hall–Kier alpha value is -1.32. The summed E-state index contributed by atoms with van der Waals surface area (Å²) in [6.07, 6.45) is 4.80. The molecule has 0 saturated heterocycles. The summed E-state index contributed by atoms with van der Waals surface area (Å²) in [6, 6.07) is 0. The van der Waals surface area contributed by atoms with E-state index in [0.29, 0.717) is 25.9 Å². The highest BCUT2D eigenvalue weighted by molar-refractivity contribution is 6.03. The summed E-state index contributed by atoms with van der Waals surface area (Å²) in [4.78, 5) is 25.1. The standard InChI is InChI=1S/C12H17NO3/c1-9-4-2-7-13(8-9)10(14)12(11(15)16)5-3-6-12/h4H,2-3,5-8H2,1H3,(H,15,16). The number of aliphatic carboxylic acids is 1. The second-order valence-corrected chi connectivity index (χ2v) is 4.81. The van der Waals surface area contributed by atoms with Crippen molar-refractivity contribution < 1.29 is 14.7 Å². The Labute approximate surface area is 94.9 Å². The molecule has 1 fully saturated rings. The van der Waals surface area contributed by atoms with Gasteiger partial charge in [0.1, 0.15) is 5.41 Å². The number of carboxylic acid groups (broad SMARTS) is 1. The van der Waals surface area contributed by atoms with Crippen LogP contribution in [0.2, 0.25) is 0 Å². The van der Waals surface area contributed by atoms with Crippen LogP contribution in [0.4, 0.5) is 0 Å². The van der Waals surface area contributed by atoms with Crippen LogP contribution in [-0.4, -0.2) is 35.0 Å². The first-order chi connectivity index (χ1) is 7.56. The van der Waals surface area contributed by atoms with Crippen LogP contribution in [0, 0.1) is 5.41 Å². The van der Waals surface area contributed by atoms with Crippen molar-refractivity contribution in [2.75, 3.05) is 13.1 Å². The van der Waals surface area contributed by atoms with Crippen molar-refractivity contribution in [2.24, 2.45) is 5.41 Å². The van der Waals surface area contributed by atoms with Crippen molar-refractivity contribution in [2.45, 2.75) is 32.6 Å². The topological polar surface area (TPSA) is 57.6 Å². The summed E-state index contributed by atoms with van der Waals surface area (Å²) < 4.78 is 0. The van der Waals surface area contributed by atoms with Gasteiger partial charge in [-0.15, -0.1) is 0 Å². The minimum absolute atomic E-state index is 0.182. The molecule has 1 amide bonds. The minimum Gasteiger partial charge on any atom is -0.480 e. The number of carbonyl (C=O) groups is 2. The van der Waals surface area contributed by atoms with E-state index < -0.39 is 11.4 Å². The predicted molar refractivity (Wildman–Crippen MR) is 58.9 cm³/mol. The average molecular weight is 223 g/mol. The summed E-state index contributed by atoms with van der Waals surface area (Å²) in [6.45, 7) is 3.23. The lowest BCUT2D eigenvalue weighted by molar-refractivity contribution is -0.167. The number of hydrogen-bond donors (Lipinski definition) is 1. The van der Waals surface area contributed by atoms with E-state index in [0.717, 1.165) is 18.4 Å². The van der Waals surface area contributed by atoms with E-state index >= 15 is 0 Å². The highest BCUT2D eigenvalue weighted by Gasteiger charge is 2.52. The van der Waals surface area contributed by atoms with Crippen molar-refractivity contribution in [3.05, 3.63) is 11.6 Å². The van der Waals surface area contributed by atoms with E-state index in [9.17, 15) is 14.7 Å². The van der Waals surface area contributed by atoms with Crippen LogP contribution in [0.25, 0.3) is 0 Å². The van der Waals surface area contributed by atoms with Crippen LogP contribution in [0.3, 0.4) is 0 Å². The van der Waals surface area contributed by atoms with Gasteiger partial charge in [0.2, 0.25) is 5.91 Å². The molecular formula is C12H17NO3. The monoisotopic (exact) mass is 223 g/mol. The van der Waals surface area contributed by atoms with E-state index in [1.165, 1.54) is 0 Å². The second-order valence-electron chi connectivity index (χ2n) is 4.81. The van der Waals surface area contributed by atoms with Crippen LogP contribution >= 0.6 is 0 Å². The number of amides is 1. The third-order valence-electron chi connectivity index (χ3n) is 3.65. The molecule has 1 aliphatic carbocycles. The predicted octanol–water partition coefficient (Wildman–Crippen LogP) is 1.42. The molecule has 0 unspecified atom stereocenters. The number of rotatable bonds is 2. The second kappa shape index (κ2) is 3.92. The first kappa shape index (κ1) is 11.2. The summed E-state index contributed by atoms with van der Waals surface area (Å²) >= 11 is 0. The van der Waals surface area contributed by atoms with Gasteiger partial charge >= 0.3 is 5.97 Å². The lowest BCUT2D eigenvalue weighted by Gasteiger charge is -2.40. The maximum Gasteiger partial charge on any atom is 0.319 e. The van der Waals surface area contributed by atoms with Crippen LogP contribution in [-0.2, 0) is 9.59 Å². The summed E-state index contributed by atoms with van der Waals surface area (Å²) in [7, 11) is 0. The van der Waals surface area contributed by atoms with Crippen molar-refractivity contribution in [1.82, 2.24) is 4.90 Å². The highest BCUT2D eigenvalue weighted by Crippen LogP contribution is 2.43. The molecule has 0 aromatic heterocycles.